The lowest BCUT2D eigenvalue weighted by atomic mass is 10.0. The number of rotatable bonds is 7. The van der Waals surface area contributed by atoms with Crippen LogP contribution in [0.1, 0.15) is 27.7 Å². The zero-order valence-electron chi connectivity index (χ0n) is 16.3. The molecule has 3 rings (SSSR count). The summed E-state index contributed by atoms with van der Waals surface area (Å²) in [6.07, 6.45) is -0.152. The van der Waals surface area contributed by atoms with Crippen LogP contribution >= 0.6 is 23.6 Å². The highest BCUT2D eigenvalue weighted by atomic mass is 32.1. The molecule has 3 N–H and O–H groups in total. The van der Waals surface area contributed by atoms with Crippen molar-refractivity contribution in [3.05, 3.63) is 59.0 Å². The minimum absolute atomic E-state index is 0.152. The Balaban J connectivity index is 1.75. The van der Waals surface area contributed by atoms with E-state index in [9.17, 15) is 14.7 Å². The Bertz CT molecular complexity index is 1100. The Morgan fingerprint density at radius 2 is 1.97 bits per heavy atom. The van der Waals surface area contributed by atoms with E-state index >= 15 is 0 Å². The molecule has 0 fully saturated rings. The van der Waals surface area contributed by atoms with Gasteiger partial charge in [-0.1, -0.05) is 12.1 Å². The Labute approximate surface area is 182 Å². The summed E-state index contributed by atoms with van der Waals surface area (Å²) in [5.41, 5.74) is 1.46. The normalized spacial score (nSPS) is 11.5. The van der Waals surface area contributed by atoms with Crippen molar-refractivity contribution in [1.82, 2.24) is 5.32 Å². The number of carbonyl (C=O) groups is 2. The predicted octanol–water partition coefficient (Wildman–Crippen LogP) is 4.20. The molecular weight excluding hydrogens is 424 g/mol. The minimum atomic E-state index is -0.951. The number of carbonyl (C=O) groups excluding carboxylic acids is 1. The summed E-state index contributed by atoms with van der Waals surface area (Å²) in [4.78, 5) is 23.6. The SMILES string of the molecule is COC(=O)c1cc2cc(NC(=S)N[C@@H](CC(=O)O)c3cccc(OC)c3)ccc2s1. The molecular formula is C21H20N2O5S2. The highest BCUT2D eigenvalue weighted by Crippen LogP contribution is 2.29. The van der Waals surface area contributed by atoms with Gasteiger partial charge in [-0.3, -0.25) is 4.79 Å². The lowest BCUT2D eigenvalue weighted by molar-refractivity contribution is -0.137. The van der Waals surface area contributed by atoms with Crippen LogP contribution in [0.2, 0.25) is 0 Å². The quantitative estimate of drug-likeness (QED) is 0.369. The number of aliphatic carboxylic acids is 1. The highest BCUT2D eigenvalue weighted by molar-refractivity contribution is 7.80. The second kappa shape index (κ2) is 9.55. The average Bonchev–Trinajstić information content (AvgIpc) is 3.15. The second-order valence-electron chi connectivity index (χ2n) is 6.38. The fourth-order valence-electron chi connectivity index (χ4n) is 2.93. The van der Waals surface area contributed by atoms with Crippen LogP contribution in [0.15, 0.2) is 48.5 Å². The van der Waals surface area contributed by atoms with Gasteiger partial charge in [-0.05, 0) is 59.6 Å². The van der Waals surface area contributed by atoms with E-state index in [0.29, 0.717) is 16.3 Å². The largest absolute Gasteiger partial charge is 0.497 e. The van der Waals surface area contributed by atoms with Gasteiger partial charge >= 0.3 is 11.9 Å². The van der Waals surface area contributed by atoms with Crippen molar-refractivity contribution >= 4 is 56.4 Å². The lowest BCUT2D eigenvalue weighted by Crippen LogP contribution is -2.33. The van der Waals surface area contributed by atoms with Gasteiger partial charge in [-0.2, -0.15) is 0 Å². The molecule has 0 saturated heterocycles. The van der Waals surface area contributed by atoms with Crippen molar-refractivity contribution in [3.8, 4) is 5.75 Å². The summed E-state index contributed by atoms with van der Waals surface area (Å²) in [5, 5.41) is 16.6. The molecule has 1 atom stereocenters. The van der Waals surface area contributed by atoms with E-state index in [1.807, 2.05) is 24.3 Å². The highest BCUT2D eigenvalue weighted by Gasteiger charge is 2.18. The first kappa shape index (κ1) is 21.5. The first-order valence-corrected chi connectivity index (χ1v) is 10.2. The average molecular weight is 445 g/mol. The van der Waals surface area contributed by atoms with Crippen LogP contribution in [0.25, 0.3) is 10.1 Å². The second-order valence-corrected chi connectivity index (χ2v) is 7.87. The number of esters is 1. The molecule has 1 aromatic heterocycles. The molecule has 0 saturated carbocycles. The zero-order chi connectivity index (χ0) is 21.7. The van der Waals surface area contributed by atoms with Crippen LogP contribution in [0, 0.1) is 0 Å². The number of thiocarbonyl (C=S) groups is 1. The predicted molar refractivity (Wildman–Crippen MR) is 121 cm³/mol. The Kier molecular flexibility index (Phi) is 6.86. The molecule has 7 nitrogen and oxygen atoms in total. The Morgan fingerprint density at radius 3 is 2.67 bits per heavy atom. The van der Waals surface area contributed by atoms with Crippen LogP contribution in [0.4, 0.5) is 5.69 Å². The van der Waals surface area contributed by atoms with Gasteiger partial charge in [0, 0.05) is 10.4 Å². The van der Waals surface area contributed by atoms with Crippen LogP contribution in [-0.4, -0.2) is 36.4 Å². The van der Waals surface area contributed by atoms with Crippen LogP contribution < -0.4 is 15.4 Å². The summed E-state index contributed by atoms with van der Waals surface area (Å²) >= 11 is 6.74. The van der Waals surface area contributed by atoms with Gasteiger partial charge in [0.1, 0.15) is 10.6 Å². The molecule has 156 valence electrons. The summed E-state index contributed by atoms with van der Waals surface area (Å²) in [5.74, 6) is -0.696. The van der Waals surface area contributed by atoms with Crippen LogP contribution in [0.5, 0.6) is 5.75 Å². The number of anilines is 1. The number of fused-ring (bicyclic) bond motifs is 1. The van der Waals surface area contributed by atoms with Crippen molar-refractivity contribution in [2.45, 2.75) is 12.5 Å². The molecule has 0 bridgehead atoms. The number of nitrogens with one attached hydrogen (secondary N) is 2. The molecule has 3 aromatic rings. The third-order valence-corrected chi connectivity index (χ3v) is 5.66. The number of benzene rings is 2. The number of carboxylic acid groups (broad SMARTS) is 1. The Morgan fingerprint density at radius 1 is 1.17 bits per heavy atom. The van der Waals surface area contributed by atoms with Crippen molar-refractivity contribution < 1.29 is 24.2 Å². The van der Waals surface area contributed by atoms with Gasteiger partial charge in [0.05, 0.1) is 26.7 Å². The van der Waals surface area contributed by atoms with E-state index < -0.39 is 12.0 Å². The molecule has 30 heavy (non-hydrogen) atoms. The van der Waals surface area contributed by atoms with Gasteiger partial charge < -0.3 is 25.2 Å². The topological polar surface area (TPSA) is 96.9 Å². The Hall–Kier alpha value is -3.17. The van der Waals surface area contributed by atoms with E-state index in [1.165, 1.54) is 18.4 Å². The molecule has 0 radical (unpaired) electrons. The van der Waals surface area contributed by atoms with Gasteiger partial charge in [0.15, 0.2) is 5.11 Å². The number of thiophene rings is 1. The van der Waals surface area contributed by atoms with E-state index in [4.69, 9.17) is 21.7 Å². The third-order valence-electron chi connectivity index (χ3n) is 4.34. The van der Waals surface area contributed by atoms with E-state index in [-0.39, 0.29) is 17.5 Å². The number of ether oxygens (including phenoxy) is 2. The first-order chi connectivity index (χ1) is 14.4. The van der Waals surface area contributed by atoms with Crippen molar-refractivity contribution in [2.75, 3.05) is 19.5 Å². The van der Waals surface area contributed by atoms with E-state index in [1.54, 1.807) is 31.4 Å². The lowest BCUT2D eigenvalue weighted by Gasteiger charge is -2.20. The first-order valence-electron chi connectivity index (χ1n) is 8.94. The molecule has 0 spiro atoms. The summed E-state index contributed by atoms with van der Waals surface area (Å²) in [6.45, 7) is 0. The summed E-state index contributed by atoms with van der Waals surface area (Å²) in [7, 11) is 2.90. The standard InChI is InChI=1S/C21H20N2O5S2/c1-27-15-5-3-4-12(9-15)16(11-19(24)25)23-21(29)22-14-6-7-17-13(8-14)10-18(30-17)20(26)28-2/h3-10,16H,11H2,1-2H3,(H,24,25)(H2,22,23,29)/t16-/m0/s1. The fraction of sp³-hybridized carbons (Fsp3) is 0.190. The summed E-state index contributed by atoms with van der Waals surface area (Å²) < 4.78 is 10.9. The molecule has 0 unspecified atom stereocenters. The van der Waals surface area contributed by atoms with Crippen molar-refractivity contribution in [2.24, 2.45) is 0 Å². The number of hydrogen-bond acceptors (Lipinski definition) is 6. The molecule has 0 aliphatic heterocycles. The van der Waals surface area contributed by atoms with Crippen LogP contribution in [-0.2, 0) is 9.53 Å². The van der Waals surface area contributed by atoms with E-state index in [0.717, 1.165) is 15.6 Å². The molecule has 9 heteroatoms. The maximum atomic E-state index is 11.7. The monoisotopic (exact) mass is 444 g/mol. The maximum absolute atomic E-state index is 11.7. The van der Waals surface area contributed by atoms with Crippen molar-refractivity contribution in [1.29, 1.82) is 0 Å². The van der Waals surface area contributed by atoms with Gasteiger partial charge in [0.2, 0.25) is 0 Å². The fourth-order valence-corrected chi connectivity index (χ4v) is 4.15. The third kappa shape index (κ3) is 5.25. The number of carboxylic acids is 1. The molecule has 1 heterocycles. The van der Waals surface area contributed by atoms with Gasteiger partial charge in [-0.15, -0.1) is 11.3 Å². The van der Waals surface area contributed by atoms with Crippen molar-refractivity contribution in [3.63, 3.8) is 0 Å². The molecule has 0 aliphatic carbocycles. The smallest absolute Gasteiger partial charge is 0.348 e. The van der Waals surface area contributed by atoms with Crippen LogP contribution in [0.3, 0.4) is 0 Å². The van der Waals surface area contributed by atoms with Gasteiger partial charge in [0.25, 0.3) is 0 Å². The van der Waals surface area contributed by atoms with E-state index in [2.05, 4.69) is 10.6 Å². The molecule has 2 aromatic carbocycles. The number of hydrogen-bond donors (Lipinski definition) is 3. The molecule has 0 amide bonds. The van der Waals surface area contributed by atoms with Gasteiger partial charge in [-0.25, -0.2) is 4.79 Å². The maximum Gasteiger partial charge on any atom is 0.348 e. The number of methoxy groups -OCH3 is 2. The molecule has 0 aliphatic rings. The minimum Gasteiger partial charge on any atom is -0.497 e. The summed E-state index contributed by atoms with van der Waals surface area (Å²) in [6, 6.07) is 14.0. The zero-order valence-corrected chi connectivity index (χ0v) is 17.9.